The van der Waals surface area contributed by atoms with Gasteiger partial charge in [-0.2, -0.15) is 0 Å². The van der Waals surface area contributed by atoms with Crippen LogP contribution in [0.2, 0.25) is 0 Å². The number of carbonyl (C=O) groups is 1. The van der Waals surface area contributed by atoms with E-state index in [0.29, 0.717) is 6.54 Å². The van der Waals surface area contributed by atoms with Crippen LogP contribution in [0.1, 0.15) is 18.9 Å². The fraction of sp³-hybridized carbons (Fsp3) is 0.733. The van der Waals surface area contributed by atoms with Crippen LogP contribution in [-0.4, -0.2) is 81.6 Å². The number of amides is 1. The normalized spacial score (nSPS) is 30.3. The lowest BCUT2D eigenvalue weighted by Crippen LogP contribution is -2.72. The minimum absolute atomic E-state index is 0.0831. The van der Waals surface area contributed by atoms with Gasteiger partial charge in [-0.15, -0.1) is 11.3 Å². The molecule has 22 heavy (non-hydrogen) atoms. The first-order valence-corrected chi connectivity index (χ1v) is 8.63. The number of piperazine rings is 2. The van der Waals surface area contributed by atoms with Crippen LogP contribution in [0, 0.1) is 0 Å². The van der Waals surface area contributed by atoms with Crippen LogP contribution in [0.3, 0.4) is 0 Å². The molecule has 2 aliphatic rings. The number of aromatic nitrogens is 1. The number of hydrogen-bond acceptors (Lipinski definition) is 6. The van der Waals surface area contributed by atoms with E-state index in [4.69, 9.17) is 0 Å². The molecule has 1 amide bonds. The lowest BCUT2D eigenvalue weighted by Gasteiger charge is -2.56. The Kier molecular flexibility index (Phi) is 4.49. The molecular weight excluding hydrogens is 300 g/mol. The summed E-state index contributed by atoms with van der Waals surface area (Å²) in [6.45, 7) is 8.82. The number of nitrogens with zero attached hydrogens (tertiary/aromatic N) is 4. The molecule has 3 heterocycles. The van der Waals surface area contributed by atoms with Crippen LogP contribution in [-0.2, 0) is 11.3 Å². The molecule has 0 saturated carbocycles. The first kappa shape index (κ1) is 15.9. The molecule has 2 unspecified atom stereocenters. The van der Waals surface area contributed by atoms with E-state index in [1.807, 2.05) is 16.5 Å². The summed E-state index contributed by atoms with van der Waals surface area (Å²) >= 11 is 1.68. The number of aliphatic hydroxyl groups excluding tert-OH is 1. The fourth-order valence-electron chi connectivity index (χ4n) is 3.65. The Hall–Kier alpha value is -1.02. The second-order valence-corrected chi connectivity index (χ2v) is 7.54. The van der Waals surface area contributed by atoms with Crippen molar-refractivity contribution in [3.05, 3.63) is 16.6 Å². The van der Waals surface area contributed by atoms with Gasteiger partial charge < -0.3 is 10.0 Å². The summed E-state index contributed by atoms with van der Waals surface area (Å²) < 4.78 is 0. The van der Waals surface area contributed by atoms with Crippen molar-refractivity contribution in [1.29, 1.82) is 0 Å². The summed E-state index contributed by atoms with van der Waals surface area (Å²) in [5.74, 6) is 0.0939. The van der Waals surface area contributed by atoms with Crippen molar-refractivity contribution in [2.75, 3.05) is 39.3 Å². The van der Waals surface area contributed by atoms with Crippen molar-refractivity contribution in [3.8, 4) is 0 Å². The van der Waals surface area contributed by atoms with Crippen molar-refractivity contribution in [2.24, 2.45) is 0 Å². The van der Waals surface area contributed by atoms with Crippen molar-refractivity contribution in [2.45, 2.75) is 32.0 Å². The zero-order chi connectivity index (χ0) is 15.7. The molecule has 0 aromatic carbocycles. The summed E-state index contributed by atoms with van der Waals surface area (Å²) in [6.07, 6.45) is 1.84. The SMILES string of the molecule is CC(=O)N1CC2CN(Cc3nccs3)CCN2C(C)(CO)C1. The number of carbonyl (C=O) groups excluding carboxylic acids is 1. The summed E-state index contributed by atoms with van der Waals surface area (Å²) in [7, 11) is 0. The molecule has 3 rings (SSSR count). The van der Waals surface area contributed by atoms with Gasteiger partial charge in [-0.3, -0.25) is 14.6 Å². The summed E-state index contributed by atoms with van der Waals surface area (Å²) in [5, 5.41) is 13.0. The quantitative estimate of drug-likeness (QED) is 0.863. The highest BCUT2D eigenvalue weighted by atomic mass is 32.1. The minimum Gasteiger partial charge on any atom is -0.394 e. The second-order valence-electron chi connectivity index (χ2n) is 6.56. The molecule has 122 valence electrons. The van der Waals surface area contributed by atoms with Gasteiger partial charge in [0.25, 0.3) is 0 Å². The molecule has 2 atom stereocenters. The Balaban J connectivity index is 1.72. The van der Waals surface area contributed by atoms with Crippen LogP contribution in [0.4, 0.5) is 0 Å². The van der Waals surface area contributed by atoms with Crippen molar-refractivity contribution >= 4 is 17.2 Å². The van der Waals surface area contributed by atoms with Crippen LogP contribution in [0.5, 0.6) is 0 Å². The van der Waals surface area contributed by atoms with E-state index in [-0.39, 0.29) is 24.1 Å². The highest BCUT2D eigenvalue weighted by Crippen LogP contribution is 2.28. The van der Waals surface area contributed by atoms with Gasteiger partial charge in [-0.1, -0.05) is 0 Å². The van der Waals surface area contributed by atoms with E-state index in [2.05, 4.69) is 21.7 Å². The predicted molar refractivity (Wildman–Crippen MR) is 85.6 cm³/mol. The van der Waals surface area contributed by atoms with Gasteiger partial charge in [0, 0.05) is 57.3 Å². The molecule has 1 N–H and O–H groups in total. The summed E-state index contributed by atoms with van der Waals surface area (Å²) in [6, 6.07) is 0.281. The molecule has 0 aliphatic carbocycles. The standard InChI is InChI=1S/C15H24N4O2S/c1-12(21)18-8-13-7-17(9-14-16-3-6-22-14)4-5-19(13)15(2,10-18)11-20/h3,6,13,20H,4-5,7-11H2,1-2H3. The lowest BCUT2D eigenvalue weighted by molar-refractivity contribution is -0.143. The number of thiazole rings is 1. The average molecular weight is 324 g/mol. The smallest absolute Gasteiger partial charge is 0.219 e. The Morgan fingerprint density at radius 2 is 2.32 bits per heavy atom. The van der Waals surface area contributed by atoms with Crippen LogP contribution in [0.25, 0.3) is 0 Å². The second kappa shape index (κ2) is 6.23. The molecule has 6 nitrogen and oxygen atoms in total. The van der Waals surface area contributed by atoms with E-state index >= 15 is 0 Å². The zero-order valence-electron chi connectivity index (χ0n) is 13.2. The van der Waals surface area contributed by atoms with Gasteiger partial charge in [0.1, 0.15) is 5.01 Å². The number of aliphatic hydroxyl groups is 1. The maximum Gasteiger partial charge on any atom is 0.219 e. The first-order chi connectivity index (χ1) is 10.5. The summed E-state index contributed by atoms with van der Waals surface area (Å²) in [4.78, 5) is 22.9. The molecule has 2 saturated heterocycles. The third-order valence-corrected chi connectivity index (χ3v) is 5.62. The molecule has 0 spiro atoms. The maximum atomic E-state index is 11.8. The van der Waals surface area contributed by atoms with Crippen LogP contribution >= 0.6 is 11.3 Å². The fourth-order valence-corrected chi connectivity index (χ4v) is 4.31. The Bertz CT molecular complexity index is 524. The van der Waals surface area contributed by atoms with Gasteiger partial charge in [0.15, 0.2) is 0 Å². The lowest BCUT2D eigenvalue weighted by atomic mass is 9.91. The average Bonchev–Trinajstić information content (AvgIpc) is 2.99. The highest BCUT2D eigenvalue weighted by molar-refractivity contribution is 7.09. The third-order valence-electron chi connectivity index (χ3n) is 4.85. The van der Waals surface area contributed by atoms with E-state index < -0.39 is 0 Å². The Morgan fingerprint density at radius 1 is 1.50 bits per heavy atom. The van der Waals surface area contributed by atoms with Gasteiger partial charge in [-0.05, 0) is 6.92 Å². The number of fused-ring (bicyclic) bond motifs is 1. The van der Waals surface area contributed by atoms with Crippen molar-refractivity contribution < 1.29 is 9.90 Å². The zero-order valence-corrected chi connectivity index (χ0v) is 14.1. The molecule has 7 heteroatoms. The Morgan fingerprint density at radius 3 is 2.95 bits per heavy atom. The largest absolute Gasteiger partial charge is 0.394 e. The van der Waals surface area contributed by atoms with Crippen LogP contribution < -0.4 is 0 Å². The Labute approximate surface area is 135 Å². The number of rotatable bonds is 3. The molecular formula is C15H24N4O2S. The highest BCUT2D eigenvalue weighted by Gasteiger charge is 2.45. The topological polar surface area (TPSA) is 59.9 Å². The number of hydrogen-bond donors (Lipinski definition) is 1. The molecule has 1 aromatic rings. The van der Waals surface area contributed by atoms with Gasteiger partial charge in [0.05, 0.1) is 18.7 Å². The van der Waals surface area contributed by atoms with E-state index in [9.17, 15) is 9.90 Å². The molecule has 0 bridgehead atoms. The van der Waals surface area contributed by atoms with Crippen molar-refractivity contribution in [3.63, 3.8) is 0 Å². The molecule has 2 aliphatic heterocycles. The van der Waals surface area contributed by atoms with E-state index in [1.54, 1.807) is 18.3 Å². The maximum absolute atomic E-state index is 11.8. The van der Waals surface area contributed by atoms with E-state index in [0.717, 1.165) is 37.7 Å². The van der Waals surface area contributed by atoms with Gasteiger partial charge in [0.2, 0.25) is 5.91 Å². The summed E-state index contributed by atoms with van der Waals surface area (Å²) in [5.41, 5.74) is -0.331. The minimum atomic E-state index is -0.331. The first-order valence-electron chi connectivity index (χ1n) is 7.76. The third kappa shape index (κ3) is 3.03. The molecule has 1 aromatic heterocycles. The molecule has 2 fully saturated rings. The van der Waals surface area contributed by atoms with Gasteiger partial charge >= 0.3 is 0 Å². The van der Waals surface area contributed by atoms with E-state index in [1.165, 1.54) is 0 Å². The molecule has 0 radical (unpaired) electrons. The monoisotopic (exact) mass is 324 g/mol. The van der Waals surface area contributed by atoms with Crippen molar-refractivity contribution in [1.82, 2.24) is 19.7 Å². The van der Waals surface area contributed by atoms with Crippen LogP contribution in [0.15, 0.2) is 11.6 Å². The predicted octanol–water partition coefficient (Wildman–Crippen LogP) is 0.242. The van der Waals surface area contributed by atoms with Gasteiger partial charge in [-0.25, -0.2) is 4.98 Å².